The number of aliphatic hydroxyl groups is 1. The highest BCUT2D eigenvalue weighted by Crippen LogP contribution is 2.37. The fraction of sp³-hybridized carbons (Fsp3) is 0.500. The number of para-hydroxylation sites is 2. The van der Waals surface area contributed by atoms with E-state index in [0.29, 0.717) is 6.01 Å². The molecule has 0 aliphatic heterocycles. The van der Waals surface area contributed by atoms with E-state index in [-0.39, 0.29) is 12.0 Å². The largest absolute Gasteiger partial charge is 0.424 e. The minimum absolute atomic E-state index is 0.0145. The van der Waals surface area contributed by atoms with E-state index in [1.54, 1.807) is 0 Å². The molecule has 18 heavy (non-hydrogen) atoms. The van der Waals surface area contributed by atoms with E-state index >= 15 is 0 Å². The molecule has 1 aliphatic carbocycles. The summed E-state index contributed by atoms with van der Waals surface area (Å²) in [6, 6.07) is 8.27. The maximum atomic E-state index is 9.54. The topological polar surface area (TPSA) is 58.3 Å². The van der Waals surface area contributed by atoms with Crippen molar-refractivity contribution in [1.82, 2.24) is 4.98 Å². The molecule has 1 aromatic carbocycles. The second kappa shape index (κ2) is 4.61. The van der Waals surface area contributed by atoms with Crippen molar-refractivity contribution in [1.29, 1.82) is 0 Å². The molecule has 0 atom stereocenters. The standard InChI is InChI=1S/C14H18N2O2/c17-10-14(7-3-4-8-14)9-15-13-16-11-5-1-2-6-12(11)18-13/h1-2,5-6,17H,3-4,7-10H2,(H,15,16). The number of fused-ring (bicyclic) bond motifs is 1. The van der Waals surface area contributed by atoms with Crippen LogP contribution in [0.1, 0.15) is 25.7 Å². The molecule has 0 radical (unpaired) electrons. The van der Waals surface area contributed by atoms with Crippen LogP contribution in [0.5, 0.6) is 0 Å². The summed E-state index contributed by atoms with van der Waals surface area (Å²) in [4.78, 5) is 4.38. The Morgan fingerprint density at radius 3 is 2.78 bits per heavy atom. The van der Waals surface area contributed by atoms with Crippen LogP contribution in [0.2, 0.25) is 0 Å². The van der Waals surface area contributed by atoms with Gasteiger partial charge in [0, 0.05) is 12.0 Å². The zero-order chi connectivity index (χ0) is 12.4. The molecule has 1 fully saturated rings. The van der Waals surface area contributed by atoms with E-state index in [1.807, 2.05) is 24.3 Å². The van der Waals surface area contributed by atoms with Crippen molar-refractivity contribution in [2.24, 2.45) is 5.41 Å². The van der Waals surface area contributed by atoms with Crippen LogP contribution in [0.4, 0.5) is 6.01 Å². The average Bonchev–Trinajstić information content (AvgIpc) is 3.03. The Morgan fingerprint density at radius 1 is 1.28 bits per heavy atom. The van der Waals surface area contributed by atoms with Crippen LogP contribution in [0, 0.1) is 5.41 Å². The smallest absolute Gasteiger partial charge is 0.295 e. The van der Waals surface area contributed by atoms with Gasteiger partial charge in [-0.1, -0.05) is 25.0 Å². The fourth-order valence-electron chi connectivity index (χ4n) is 2.73. The Hall–Kier alpha value is -1.55. The summed E-state index contributed by atoms with van der Waals surface area (Å²) in [5, 5.41) is 12.8. The van der Waals surface area contributed by atoms with E-state index in [2.05, 4.69) is 10.3 Å². The zero-order valence-corrected chi connectivity index (χ0v) is 10.4. The Labute approximate surface area is 106 Å². The molecule has 3 rings (SSSR count). The first-order valence-corrected chi connectivity index (χ1v) is 6.52. The highest BCUT2D eigenvalue weighted by Gasteiger charge is 2.33. The Morgan fingerprint density at radius 2 is 2.06 bits per heavy atom. The molecule has 2 N–H and O–H groups in total. The second-order valence-electron chi connectivity index (χ2n) is 5.21. The first kappa shape index (κ1) is 11.5. The monoisotopic (exact) mass is 246 g/mol. The summed E-state index contributed by atoms with van der Waals surface area (Å²) in [5.74, 6) is 0. The first-order valence-electron chi connectivity index (χ1n) is 6.52. The van der Waals surface area contributed by atoms with E-state index in [1.165, 1.54) is 12.8 Å². The first-order chi connectivity index (χ1) is 8.81. The summed E-state index contributed by atoms with van der Waals surface area (Å²) in [6.45, 7) is 0.969. The van der Waals surface area contributed by atoms with Crippen molar-refractivity contribution in [3.05, 3.63) is 24.3 Å². The van der Waals surface area contributed by atoms with Gasteiger partial charge in [-0.05, 0) is 25.0 Å². The number of benzene rings is 1. The molecule has 2 aromatic rings. The molecule has 1 heterocycles. The summed E-state index contributed by atoms with van der Waals surface area (Å²) in [6.07, 6.45) is 4.57. The minimum atomic E-state index is 0.0145. The number of hydrogen-bond acceptors (Lipinski definition) is 4. The number of oxazole rings is 1. The number of nitrogens with zero attached hydrogens (tertiary/aromatic N) is 1. The van der Waals surface area contributed by atoms with E-state index in [9.17, 15) is 5.11 Å². The van der Waals surface area contributed by atoms with Crippen LogP contribution >= 0.6 is 0 Å². The predicted molar refractivity (Wildman–Crippen MR) is 70.5 cm³/mol. The Balaban J connectivity index is 1.72. The summed E-state index contributed by atoms with van der Waals surface area (Å²) >= 11 is 0. The van der Waals surface area contributed by atoms with Gasteiger partial charge in [0.25, 0.3) is 6.01 Å². The lowest BCUT2D eigenvalue weighted by molar-refractivity contribution is 0.142. The summed E-state index contributed by atoms with van der Waals surface area (Å²) in [5.41, 5.74) is 1.68. The Bertz CT molecular complexity index is 496. The highest BCUT2D eigenvalue weighted by atomic mass is 16.4. The molecule has 0 bridgehead atoms. The maximum Gasteiger partial charge on any atom is 0.295 e. The lowest BCUT2D eigenvalue weighted by atomic mass is 9.87. The zero-order valence-electron chi connectivity index (χ0n) is 10.4. The van der Waals surface area contributed by atoms with E-state index in [0.717, 1.165) is 30.5 Å². The van der Waals surface area contributed by atoms with E-state index < -0.39 is 0 Å². The van der Waals surface area contributed by atoms with Gasteiger partial charge in [0.15, 0.2) is 5.58 Å². The number of hydrogen-bond donors (Lipinski definition) is 2. The quantitative estimate of drug-likeness (QED) is 0.871. The van der Waals surface area contributed by atoms with Gasteiger partial charge < -0.3 is 14.8 Å². The van der Waals surface area contributed by atoms with Gasteiger partial charge in [-0.2, -0.15) is 4.98 Å². The van der Waals surface area contributed by atoms with Crippen LogP contribution in [0.3, 0.4) is 0 Å². The third-order valence-electron chi connectivity index (χ3n) is 3.91. The molecule has 1 aromatic heterocycles. The predicted octanol–water partition coefficient (Wildman–Crippen LogP) is 2.79. The molecule has 1 aliphatic rings. The molecule has 4 nitrogen and oxygen atoms in total. The van der Waals surface area contributed by atoms with E-state index in [4.69, 9.17) is 4.42 Å². The van der Waals surface area contributed by atoms with Crippen molar-refractivity contribution in [3.8, 4) is 0 Å². The van der Waals surface area contributed by atoms with Crippen LogP contribution in [-0.4, -0.2) is 23.2 Å². The van der Waals surface area contributed by atoms with Gasteiger partial charge >= 0.3 is 0 Å². The van der Waals surface area contributed by atoms with Crippen molar-refractivity contribution < 1.29 is 9.52 Å². The number of rotatable bonds is 4. The van der Waals surface area contributed by atoms with Gasteiger partial charge in [0.1, 0.15) is 5.52 Å². The van der Waals surface area contributed by atoms with Gasteiger partial charge in [-0.3, -0.25) is 0 Å². The molecule has 0 amide bonds. The molecule has 0 unspecified atom stereocenters. The number of nitrogens with one attached hydrogen (secondary N) is 1. The molecule has 0 spiro atoms. The molecule has 0 saturated heterocycles. The highest BCUT2D eigenvalue weighted by molar-refractivity contribution is 5.74. The van der Waals surface area contributed by atoms with Gasteiger partial charge in [0.2, 0.25) is 0 Å². The number of aromatic nitrogens is 1. The minimum Gasteiger partial charge on any atom is -0.424 e. The Kier molecular flexibility index (Phi) is 2.96. The van der Waals surface area contributed by atoms with Crippen molar-refractivity contribution in [2.75, 3.05) is 18.5 Å². The third-order valence-corrected chi connectivity index (χ3v) is 3.91. The molecule has 1 saturated carbocycles. The SMILES string of the molecule is OCC1(CNc2nc3ccccc3o2)CCCC1. The lowest BCUT2D eigenvalue weighted by Crippen LogP contribution is -2.30. The van der Waals surface area contributed by atoms with Gasteiger partial charge in [0.05, 0.1) is 6.61 Å². The van der Waals surface area contributed by atoms with Gasteiger partial charge in [-0.15, -0.1) is 0 Å². The van der Waals surface area contributed by atoms with Crippen LogP contribution < -0.4 is 5.32 Å². The molecular weight excluding hydrogens is 228 g/mol. The number of aliphatic hydroxyl groups excluding tert-OH is 1. The summed E-state index contributed by atoms with van der Waals surface area (Å²) < 4.78 is 5.61. The van der Waals surface area contributed by atoms with Crippen molar-refractivity contribution in [3.63, 3.8) is 0 Å². The fourth-order valence-corrected chi connectivity index (χ4v) is 2.73. The van der Waals surface area contributed by atoms with Gasteiger partial charge in [-0.25, -0.2) is 0 Å². The summed E-state index contributed by atoms with van der Waals surface area (Å²) in [7, 11) is 0. The van der Waals surface area contributed by atoms with Crippen LogP contribution in [-0.2, 0) is 0 Å². The second-order valence-corrected chi connectivity index (χ2v) is 5.21. The average molecular weight is 246 g/mol. The maximum absolute atomic E-state index is 9.54. The van der Waals surface area contributed by atoms with Crippen LogP contribution in [0.15, 0.2) is 28.7 Å². The number of anilines is 1. The van der Waals surface area contributed by atoms with Crippen molar-refractivity contribution >= 4 is 17.1 Å². The molecular formula is C14H18N2O2. The third kappa shape index (κ3) is 2.08. The van der Waals surface area contributed by atoms with Crippen LogP contribution in [0.25, 0.3) is 11.1 Å². The van der Waals surface area contributed by atoms with Crippen molar-refractivity contribution in [2.45, 2.75) is 25.7 Å². The lowest BCUT2D eigenvalue weighted by Gasteiger charge is -2.25. The normalized spacial score (nSPS) is 18.3. The molecule has 96 valence electrons. The molecule has 4 heteroatoms.